The minimum absolute atomic E-state index is 0.372. The van der Waals surface area contributed by atoms with E-state index in [0.29, 0.717) is 16.6 Å². The number of halogens is 2. The highest BCUT2D eigenvalue weighted by atomic mass is 35.5. The molecule has 1 atom stereocenters. The van der Waals surface area contributed by atoms with Gasteiger partial charge in [0.1, 0.15) is 12.6 Å². The van der Waals surface area contributed by atoms with E-state index in [1.54, 1.807) is 0 Å². The minimum Gasteiger partial charge on any atom is -0.385 e. The van der Waals surface area contributed by atoms with Gasteiger partial charge in [-0.2, -0.15) is 0 Å². The summed E-state index contributed by atoms with van der Waals surface area (Å²) in [6, 6.07) is 11.8. The summed E-state index contributed by atoms with van der Waals surface area (Å²) in [5.41, 5.74) is 2.18. The number of quaternary nitrogens is 1. The molecule has 1 aliphatic rings. The summed E-state index contributed by atoms with van der Waals surface area (Å²) in [7, 11) is 0. The molecular weight excluding hydrogens is 367 g/mol. The Labute approximate surface area is 164 Å². The second-order valence-electron chi connectivity index (χ2n) is 7.72. The standard InChI is InChI=1S/C21H24Cl2N2O/c1-14-6-8-24(9-7-14)12-17(26)13-25-20-4-2-15(22)10-18(20)19-11-16(23)3-5-21(19)25/h2-5,10-11,14,17,26H,6-9,12-13H2,1H3/p+1. The highest BCUT2D eigenvalue weighted by Gasteiger charge is 2.23. The molecule has 26 heavy (non-hydrogen) atoms. The number of piperidine rings is 1. The summed E-state index contributed by atoms with van der Waals surface area (Å²) in [6.07, 6.45) is 2.15. The van der Waals surface area contributed by atoms with Crippen molar-refractivity contribution in [1.82, 2.24) is 4.57 Å². The van der Waals surface area contributed by atoms with Crippen LogP contribution in [0.4, 0.5) is 0 Å². The monoisotopic (exact) mass is 391 g/mol. The lowest BCUT2D eigenvalue weighted by atomic mass is 9.99. The Morgan fingerprint density at radius 3 is 2.12 bits per heavy atom. The fourth-order valence-electron chi connectivity index (χ4n) is 4.23. The van der Waals surface area contributed by atoms with Crippen LogP contribution < -0.4 is 4.90 Å². The molecule has 0 spiro atoms. The van der Waals surface area contributed by atoms with E-state index >= 15 is 0 Å². The van der Waals surface area contributed by atoms with Crippen LogP contribution in [0.5, 0.6) is 0 Å². The number of aliphatic hydroxyl groups is 1. The Balaban J connectivity index is 1.64. The number of nitrogens with one attached hydrogen (secondary N) is 1. The molecule has 1 aromatic heterocycles. The van der Waals surface area contributed by atoms with Crippen LogP contribution in [-0.4, -0.2) is 35.4 Å². The Hall–Kier alpha value is -1.26. The summed E-state index contributed by atoms with van der Waals surface area (Å²) in [6.45, 7) is 6.03. The van der Waals surface area contributed by atoms with E-state index in [9.17, 15) is 5.11 Å². The van der Waals surface area contributed by atoms with E-state index in [0.717, 1.165) is 47.4 Å². The van der Waals surface area contributed by atoms with Crippen LogP contribution in [0.15, 0.2) is 36.4 Å². The summed E-state index contributed by atoms with van der Waals surface area (Å²) in [4.78, 5) is 1.52. The van der Waals surface area contributed by atoms with Gasteiger partial charge in [0.2, 0.25) is 0 Å². The average Bonchev–Trinajstić information content (AvgIpc) is 2.89. The first-order chi connectivity index (χ1) is 12.5. The molecule has 0 aliphatic carbocycles. The third-order valence-corrected chi connectivity index (χ3v) is 6.16. The Morgan fingerprint density at radius 2 is 1.58 bits per heavy atom. The van der Waals surface area contributed by atoms with Crippen LogP contribution in [-0.2, 0) is 6.54 Å². The first kappa shape index (κ1) is 18.1. The van der Waals surface area contributed by atoms with Gasteiger partial charge in [-0.15, -0.1) is 0 Å². The van der Waals surface area contributed by atoms with Crippen LogP contribution in [0.2, 0.25) is 10.0 Å². The SMILES string of the molecule is CC1CC[NH+](CC(O)Cn2c3ccc(Cl)cc3c3cc(Cl)ccc32)CC1. The zero-order chi connectivity index (χ0) is 18.3. The van der Waals surface area contributed by atoms with Crippen LogP contribution >= 0.6 is 23.2 Å². The van der Waals surface area contributed by atoms with E-state index in [1.165, 1.54) is 17.7 Å². The highest BCUT2D eigenvalue weighted by molar-refractivity contribution is 6.33. The maximum Gasteiger partial charge on any atom is 0.121 e. The van der Waals surface area contributed by atoms with Crippen molar-refractivity contribution in [2.75, 3.05) is 19.6 Å². The van der Waals surface area contributed by atoms with E-state index in [-0.39, 0.29) is 6.10 Å². The Bertz CT molecular complexity index is 869. The lowest BCUT2D eigenvalue weighted by Gasteiger charge is -2.29. The largest absolute Gasteiger partial charge is 0.385 e. The average molecular weight is 392 g/mol. The number of rotatable bonds is 4. The van der Waals surface area contributed by atoms with Crippen molar-refractivity contribution < 1.29 is 10.0 Å². The maximum atomic E-state index is 10.8. The molecule has 3 nitrogen and oxygen atoms in total. The zero-order valence-corrected chi connectivity index (χ0v) is 16.5. The predicted molar refractivity (Wildman–Crippen MR) is 109 cm³/mol. The number of aliphatic hydroxyl groups excluding tert-OH is 1. The van der Waals surface area contributed by atoms with Crippen LogP contribution in [0.3, 0.4) is 0 Å². The van der Waals surface area contributed by atoms with Crippen LogP contribution in [0.1, 0.15) is 19.8 Å². The van der Waals surface area contributed by atoms with Crippen molar-refractivity contribution in [3.05, 3.63) is 46.4 Å². The van der Waals surface area contributed by atoms with Gasteiger partial charge in [0, 0.05) is 31.9 Å². The Morgan fingerprint density at radius 1 is 1.04 bits per heavy atom. The molecule has 1 aliphatic heterocycles. The normalized spacial score (nSPS) is 22.2. The molecule has 3 aromatic rings. The fraction of sp³-hybridized carbons (Fsp3) is 0.429. The number of nitrogens with zero attached hydrogens (tertiary/aromatic N) is 1. The topological polar surface area (TPSA) is 29.6 Å². The molecule has 2 N–H and O–H groups in total. The van der Waals surface area contributed by atoms with Gasteiger partial charge < -0.3 is 14.6 Å². The van der Waals surface area contributed by atoms with Gasteiger partial charge in [-0.05, 0) is 55.2 Å². The van der Waals surface area contributed by atoms with Crippen molar-refractivity contribution in [3.63, 3.8) is 0 Å². The molecular formula is C21H25Cl2N2O+. The number of aromatic nitrogens is 1. The van der Waals surface area contributed by atoms with Gasteiger partial charge >= 0.3 is 0 Å². The summed E-state index contributed by atoms with van der Waals surface area (Å²) >= 11 is 12.4. The third-order valence-electron chi connectivity index (χ3n) is 5.69. The molecule has 4 rings (SSSR count). The smallest absolute Gasteiger partial charge is 0.121 e. The van der Waals surface area contributed by atoms with Crippen LogP contribution in [0, 0.1) is 5.92 Å². The molecule has 0 radical (unpaired) electrons. The van der Waals surface area contributed by atoms with E-state index in [4.69, 9.17) is 23.2 Å². The fourth-order valence-corrected chi connectivity index (χ4v) is 4.57. The van der Waals surface area contributed by atoms with Crippen molar-refractivity contribution in [2.24, 2.45) is 5.92 Å². The number of fused-ring (bicyclic) bond motifs is 3. The van der Waals surface area contributed by atoms with Crippen molar-refractivity contribution in [2.45, 2.75) is 32.4 Å². The number of benzene rings is 2. The summed E-state index contributed by atoms with van der Waals surface area (Å²) in [5.74, 6) is 0.822. The highest BCUT2D eigenvalue weighted by Crippen LogP contribution is 2.32. The van der Waals surface area contributed by atoms with E-state index in [1.807, 2.05) is 36.4 Å². The number of hydrogen-bond acceptors (Lipinski definition) is 1. The second-order valence-corrected chi connectivity index (χ2v) is 8.60. The van der Waals surface area contributed by atoms with Crippen LogP contribution in [0.25, 0.3) is 21.8 Å². The molecule has 1 unspecified atom stereocenters. The zero-order valence-electron chi connectivity index (χ0n) is 15.0. The molecule has 0 saturated carbocycles. The van der Waals surface area contributed by atoms with Gasteiger partial charge in [0.15, 0.2) is 0 Å². The number of likely N-dealkylation sites (tertiary alicyclic amines) is 1. The second kappa shape index (κ2) is 7.40. The first-order valence-corrected chi connectivity index (χ1v) is 10.2. The van der Waals surface area contributed by atoms with Gasteiger partial charge in [-0.25, -0.2) is 0 Å². The van der Waals surface area contributed by atoms with Gasteiger partial charge in [-0.1, -0.05) is 30.1 Å². The lowest BCUT2D eigenvalue weighted by molar-refractivity contribution is -0.909. The first-order valence-electron chi connectivity index (χ1n) is 9.40. The van der Waals surface area contributed by atoms with E-state index in [2.05, 4.69) is 11.5 Å². The maximum absolute atomic E-state index is 10.8. The predicted octanol–water partition coefficient (Wildman–Crippen LogP) is 3.78. The van der Waals surface area contributed by atoms with Crippen molar-refractivity contribution in [1.29, 1.82) is 0 Å². The quantitative estimate of drug-likeness (QED) is 0.696. The van der Waals surface area contributed by atoms with Gasteiger partial charge in [0.05, 0.1) is 19.6 Å². The van der Waals surface area contributed by atoms with Gasteiger partial charge in [0.25, 0.3) is 0 Å². The van der Waals surface area contributed by atoms with Crippen molar-refractivity contribution >= 4 is 45.0 Å². The summed E-state index contributed by atoms with van der Waals surface area (Å²) < 4.78 is 2.20. The molecule has 1 saturated heterocycles. The van der Waals surface area contributed by atoms with Gasteiger partial charge in [-0.3, -0.25) is 0 Å². The molecule has 138 valence electrons. The summed E-state index contributed by atoms with van der Waals surface area (Å²) in [5, 5.41) is 14.4. The third kappa shape index (κ3) is 3.59. The molecule has 0 amide bonds. The molecule has 2 heterocycles. The Kier molecular flexibility index (Phi) is 5.15. The van der Waals surface area contributed by atoms with Crippen molar-refractivity contribution in [3.8, 4) is 0 Å². The molecule has 5 heteroatoms. The lowest BCUT2D eigenvalue weighted by Crippen LogP contribution is -3.14. The molecule has 1 fully saturated rings. The van der Waals surface area contributed by atoms with E-state index < -0.39 is 0 Å². The molecule has 0 bridgehead atoms. The number of hydrogen-bond donors (Lipinski definition) is 2. The molecule has 2 aromatic carbocycles. The minimum atomic E-state index is -0.372.